The topological polar surface area (TPSA) is 40.5 Å². The zero-order valence-corrected chi connectivity index (χ0v) is 19.3. The number of rotatable bonds is 4. The molecule has 3 heteroatoms. The van der Waals surface area contributed by atoms with Gasteiger partial charge in [0, 0.05) is 15.2 Å². The summed E-state index contributed by atoms with van der Waals surface area (Å²) >= 11 is 0. The van der Waals surface area contributed by atoms with Crippen LogP contribution in [0, 0.1) is 40.4 Å². The molecule has 0 amide bonds. The quantitative estimate of drug-likeness (QED) is 0.458. The summed E-state index contributed by atoms with van der Waals surface area (Å²) in [5.41, 5.74) is 1.13. The Morgan fingerprint density at radius 1 is 1.00 bits per heavy atom. The smallest absolute Gasteiger partial charge is 0.0656 e. The third-order valence-electron chi connectivity index (χ3n) is 11.7. The van der Waals surface area contributed by atoms with Gasteiger partial charge >= 0.3 is 0 Å². The van der Waals surface area contributed by atoms with Gasteiger partial charge in [0.05, 0.1) is 12.2 Å². The largest absolute Gasteiger partial charge is 0.393 e. The van der Waals surface area contributed by atoms with Crippen LogP contribution in [0.15, 0.2) is 0 Å². The average Bonchev–Trinajstić information content (AvgIpc) is 3.48. The highest BCUT2D eigenvalue weighted by atomic mass is 32.2. The fraction of sp³-hybridized carbons (Fsp3) is 1.00. The van der Waals surface area contributed by atoms with Crippen LogP contribution in [0.25, 0.3) is 0 Å². The number of fused-ring (bicyclic) bond motifs is 6. The molecule has 2 aliphatic heterocycles. The molecule has 28 heavy (non-hydrogen) atoms. The Bertz CT molecular complexity index is 679. The summed E-state index contributed by atoms with van der Waals surface area (Å²) in [6.07, 6.45) is 11.9. The molecule has 0 aromatic carbocycles. The van der Waals surface area contributed by atoms with Crippen LogP contribution in [0.3, 0.4) is 0 Å². The molecule has 2 N–H and O–H groups in total. The standard InChI is InChI=1S/C25H42O2S/c1-14(5-6-15(2)26)17-7-8-18-16-13-21-25-22(28(21)25)20(27)10-12-24(25,4)19(16)9-11-23(17,18)3/h14-22,26-28H,5-13H2,1-4H3/t14-,15?,16+,17-,18+,19+,20+,21-,22+,23-,24-,25?/m1/s1. The summed E-state index contributed by atoms with van der Waals surface area (Å²) in [4.78, 5) is 0. The maximum Gasteiger partial charge on any atom is 0.0656 e. The molecule has 0 bridgehead atoms. The molecule has 0 aromatic heterocycles. The Kier molecular flexibility index (Phi) is 3.89. The van der Waals surface area contributed by atoms with E-state index in [0.717, 1.165) is 52.9 Å². The summed E-state index contributed by atoms with van der Waals surface area (Å²) in [7, 11) is 0.197. The second kappa shape index (κ2) is 5.74. The Hall–Kier alpha value is 0.270. The van der Waals surface area contributed by atoms with E-state index < -0.39 is 0 Å². The summed E-state index contributed by atoms with van der Waals surface area (Å²) in [5, 5.41) is 22.1. The van der Waals surface area contributed by atoms with Crippen molar-refractivity contribution in [2.24, 2.45) is 40.4 Å². The summed E-state index contributed by atoms with van der Waals surface area (Å²) in [6.45, 7) is 9.79. The van der Waals surface area contributed by atoms with E-state index in [1.165, 1.54) is 44.9 Å². The maximum atomic E-state index is 10.6. The number of hydrogen-bond donors (Lipinski definition) is 3. The van der Waals surface area contributed by atoms with Crippen molar-refractivity contribution in [1.29, 1.82) is 0 Å². The zero-order valence-electron chi connectivity index (χ0n) is 18.4. The number of thiol groups is 1. The molecule has 2 heterocycles. The van der Waals surface area contributed by atoms with Crippen molar-refractivity contribution in [1.82, 2.24) is 0 Å². The van der Waals surface area contributed by atoms with Crippen LogP contribution < -0.4 is 0 Å². The fourth-order valence-corrected chi connectivity index (χ4v) is 15.5. The van der Waals surface area contributed by atoms with Gasteiger partial charge in [-0.25, -0.2) is 10.9 Å². The first-order chi connectivity index (χ1) is 13.3. The normalized spacial score (nSPS) is 64.1. The van der Waals surface area contributed by atoms with Crippen LogP contribution in [0.2, 0.25) is 0 Å². The minimum atomic E-state index is -0.142. The molecule has 2 nitrogen and oxygen atoms in total. The molecule has 0 aromatic rings. The number of hydrogen-bond acceptors (Lipinski definition) is 2. The summed E-state index contributed by atoms with van der Waals surface area (Å²) < 4.78 is 0.664. The van der Waals surface area contributed by atoms with Gasteiger partial charge in [-0.05, 0) is 105 Å². The number of aliphatic hydroxyl groups excluding tert-OH is 2. The van der Waals surface area contributed by atoms with Crippen LogP contribution in [0.5, 0.6) is 0 Å². The van der Waals surface area contributed by atoms with Crippen LogP contribution in [0.4, 0.5) is 0 Å². The molecule has 4 saturated carbocycles. The molecule has 2 saturated heterocycles. The Labute approximate surface area is 174 Å². The molecule has 6 aliphatic rings. The average molecular weight is 407 g/mol. The monoisotopic (exact) mass is 406 g/mol. The van der Waals surface area contributed by atoms with Crippen LogP contribution in [-0.4, -0.2) is 37.7 Å². The van der Waals surface area contributed by atoms with Crippen molar-refractivity contribution < 1.29 is 10.2 Å². The lowest BCUT2D eigenvalue weighted by Gasteiger charge is -2.60. The highest BCUT2D eigenvalue weighted by Crippen LogP contribution is 3.01. The Balaban J connectivity index is 1.25. The van der Waals surface area contributed by atoms with Crippen molar-refractivity contribution in [2.45, 2.75) is 113 Å². The molecule has 1 spiro atoms. The van der Waals surface area contributed by atoms with E-state index in [0.29, 0.717) is 15.6 Å². The van der Waals surface area contributed by atoms with Crippen molar-refractivity contribution in [3.63, 3.8) is 0 Å². The van der Waals surface area contributed by atoms with E-state index in [-0.39, 0.29) is 23.1 Å². The molecule has 3 unspecified atom stereocenters. The molecule has 4 aliphatic carbocycles. The van der Waals surface area contributed by atoms with Gasteiger partial charge in [-0.15, -0.1) is 0 Å². The molecule has 13 atom stereocenters. The Morgan fingerprint density at radius 2 is 1.79 bits per heavy atom. The predicted octanol–water partition coefficient (Wildman–Crippen LogP) is 4.91. The van der Waals surface area contributed by atoms with E-state index in [4.69, 9.17) is 0 Å². The third-order valence-corrected chi connectivity index (χ3v) is 15.7. The predicted molar refractivity (Wildman–Crippen MR) is 118 cm³/mol. The SMILES string of the molecule is CC(O)CC[C@@H](C)[C@H]1CC[C@H]2[C@@H]3C[C@H]4[SH]5[C@H]6[C@@H](O)CC[C@](C)([C@H]3CC[C@]12C)C645. The molecule has 6 fully saturated rings. The van der Waals surface area contributed by atoms with Gasteiger partial charge in [-0.1, -0.05) is 20.8 Å². The lowest BCUT2D eigenvalue weighted by atomic mass is 9.44. The van der Waals surface area contributed by atoms with Crippen LogP contribution in [0.1, 0.15) is 85.5 Å². The first-order valence-electron chi connectivity index (χ1n) is 12.4. The summed E-state index contributed by atoms with van der Waals surface area (Å²) in [5.74, 6) is 4.54. The van der Waals surface area contributed by atoms with Gasteiger partial charge in [0.25, 0.3) is 0 Å². The molecule has 160 valence electrons. The Morgan fingerprint density at radius 3 is 2.54 bits per heavy atom. The lowest BCUT2D eigenvalue weighted by Crippen LogP contribution is -2.60. The zero-order chi connectivity index (χ0) is 19.6. The van der Waals surface area contributed by atoms with Crippen molar-refractivity contribution in [3.8, 4) is 0 Å². The molecular formula is C25H42O2S. The van der Waals surface area contributed by atoms with Gasteiger partial charge in [0.1, 0.15) is 0 Å². The van der Waals surface area contributed by atoms with E-state index in [9.17, 15) is 10.2 Å². The van der Waals surface area contributed by atoms with Crippen molar-refractivity contribution in [2.75, 3.05) is 0 Å². The number of aliphatic hydroxyl groups is 2. The maximum absolute atomic E-state index is 10.6. The molecular weight excluding hydrogens is 364 g/mol. The second-order valence-electron chi connectivity index (χ2n) is 12.5. The third kappa shape index (κ3) is 2.01. The minimum Gasteiger partial charge on any atom is -0.393 e. The van der Waals surface area contributed by atoms with E-state index >= 15 is 0 Å². The van der Waals surface area contributed by atoms with Crippen molar-refractivity contribution in [3.05, 3.63) is 0 Å². The van der Waals surface area contributed by atoms with Gasteiger partial charge in [0.15, 0.2) is 0 Å². The summed E-state index contributed by atoms with van der Waals surface area (Å²) in [6, 6.07) is 0. The highest BCUT2D eigenvalue weighted by Gasteiger charge is 2.93. The van der Waals surface area contributed by atoms with E-state index in [1.807, 2.05) is 6.92 Å². The lowest BCUT2D eigenvalue weighted by molar-refractivity contribution is -0.0972. The first kappa shape index (κ1) is 19.0. The van der Waals surface area contributed by atoms with Gasteiger partial charge in [-0.2, -0.15) is 0 Å². The first-order valence-corrected chi connectivity index (χ1v) is 13.9. The van der Waals surface area contributed by atoms with Crippen LogP contribution in [-0.2, 0) is 0 Å². The molecule has 0 radical (unpaired) electrons. The highest BCUT2D eigenvalue weighted by molar-refractivity contribution is 8.33. The van der Waals surface area contributed by atoms with Gasteiger partial charge in [0.2, 0.25) is 0 Å². The van der Waals surface area contributed by atoms with E-state index in [2.05, 4.69) is 20.8 Å². The van der Waals surface area contributed by atoms with Gasteiger partial charge < -0.3 is 10.2 Å². The van der Waals surface area contributed by atoms with Crippen LogP contribution >= 0.6 is 10.9 Å². The molecule has 6 rings (SSSR count). The minimum absolute atomic E-state index is 0.0615. The fourth-order valence-electron chi connectivity index (χ4n) is 10.5. The second-order valence-corrected chi connectivity index (χ2v) is 15.2. The van der Waals surface area contributed by atoms with Crippen molar-refractivity contribution >= 4 is 10.9 Å². The van der Waals surface area contributed by atoms with Gasteiger partial charge in [-0.3, -0.25) is 0 Å². The van der Waals surface area contributed by atoms with E-state index in [1.54, 1.807) is 0 Å².